The summed E-state index contributed by atoms with van der Waals surface area (Å²) in [5, 5.41) is 3.05. The Hall–Kier alpha value is -1.92. The van der Waals surface area contributed by atoms with Crippen molar-refractivity contribution in [2.75, 3.05) is 17.3 Å². The summed E-state index contributed by atoms with van der Waals surface area (Å²) in [6.07, 6.45) is 2.03. The van der Waals surface area contributed by atoms with Crippen molar-refractivity contribution in [3.8, 4) is 0 Å². The Morgan fingerprint density at radius 3 is 2.67 bits per heavy atom. The molecule has 0 fully saturated rings. The van der Waals surface area contributed by atoms with E-state index < -0.39 is 0 Å². The number of carbonyl (C=O) groups excluding carboxylic acids is 1. The molecule has 24 heavy (non-hydrogen) atoms. The fourth-order valence-corrected chi connectivity index (χ4v) is 3.47. The van der Waals surface area contributed by atoms with Crippen molar-refractivity contribution < 1.29 is 4.79 Å². The number of thioether (sulfide) groups is 2. The lowest BCUT2D eigenvalue weighted by molar-refractivity contribution is -0.113. The Bertz CT molecular complexity index is 797. The number of aromatic nitrogens is 2. The van der Waals surface area contributed by atoms with Gasteiger partial charge in [0.05, 0.1) is 22.0 Å². The molecule has 0 bridgehead atoms. The van der Waals surface area contributed by atoms with E-state index in [9.17, 15) is 4.79 Å². The highest BCUT2D eigenvalue weighted by atomic mass is 32.2. The predicted octanol–water partition coefficient (Wildman–Crippen LogP) is 4.72. The number of para-hydroxylation sites is 2. The highest BCUT2D eigenvalue weighted by Gasteiger charge is 2.13. The van der Waals surface area contributed by atoms with Gasteiger partial charge < -0.3 is 10.3 Å². The third kappa shape index (κ3) is 4.13. The Balaban J connectivity index is 1.54. The van der Waals surface area contributed by atoms with E-state index in [1.807, 2.05) is 54.8 Å². The van der Waals surface area contributed by atoms with Crippen molar-refractivity contribution in [3.05, 3.63) is 54.4 Å². The average Bonchev–Trinajstić information content (AvgIpc) is 3.04. The number of anilines is 1. The maximum atomic E-state index is 12.1. The van der Waals surface area contributed by atoms with Gasteiger partial charge in [-0.05, 0) is 49.6 Å². The average molecular weight is 358 g/mol. The molecule has 6 heteroatoms. The first-order valence-electron chi connectivity index (χ1n) is 7.66. The number of hydrogen-bond acceptors (Lipinski definition) is 4. The third-order valence-corrected chi connectivity index (χ3v) is 5.53. The zero-order chi connectivity index (χ0) is 16.9. The molecule has 1 atom stereocenters. The number of aromatic amines is 1. The number of amides is 1. The molecular weight excluding hydrogens is 338 g/mol. The molecule has 2 aromatic carbocycles. The summed E-state index contributed by atoms with van der Waals surface area (Å²) in [6, 6.07) is 15.8. The monoisotopic (exact) mass is 357 g/mol. The Morgan fingerprint density at radius 2 is 1.96 bits per heavy atom. The summed E-state index contributed by atoms with van der Waals surface area (Å²) in [7, 11) is 0. The van der Waals surface area contributed by atoms with Gasteiger partial charge in [-0.25, -0.2) is 4.98 Å². The largest absolute Gasteiger partial charge is 0.341 e. The minimum atomic E-state index is -0.000127. The molecule has 0 spiro atoms. The maximum Gasteiger partial charge on any atom is 0.234 e. The molecule has 0 saturated heterocycles. The van der Waals surface area contributed by atoms with Crippen LogP contribution in [-0.2, 0) is 4.79 Å². The van der Waals surface area contributed by atoms with Crippen molar-refractivity contribution in [1.82, 2.24) is 9.97 Å². The van der Waals surface area contributed by atoms with E-state index in [1.54, 1.807) is 23.5 Å². The first-order valence-corrected chi connectivity index (χ1v) is 9.93. The van der Waals surface area contributed by atoms with E-state index in [2.05, 4.69) is 22.2 Å². The van der Waals surface area contributed by atoms with Gasteiger partial charge in [0.2, 0.25) is 5.91 Å². The van der Waals surface area contributed by atoms with Crippen LogP contribution < -0.4 is 5.32 Å². The molecule has 124 valence electrons. The first kappa shape index (κ1) is 16.9. The molecule has 0 unspecified atom stereocenters. The van der Waals surface area contributed by atoms with Gasteiger partial charge >= 0.3 is 0 Å². The summed E-state index contributed by atoms with van der Waals surface area (Å²) >= 11 is 3.25. The molecule has 1 heterocycles. The van der Waals surface area contributed by atoms with E-state index in [0.717, 1.165) is 22.5 Å². The van der Waals surface area contributed by atoms with Crippen molar-refractivity contribution in [1.29, 1.82) is 0 Å². The van der Waals surface area contributed by atoms with Gasteiger partial charge in [0.25, 0.3) is 0 Å². The Morgan fingerprint density at radius 1 is 1.21 bits per heavy atom. The normalized spacial score (nSPS) is 12.2. The van der Waals surface area contributed by atoms with E-state index in [-0.39, 0.29) is 11.2 Å². The second kappa shape index (κ2) is 7.77. The van der Waals surface area contributed by atoms with Gasteiger partial charge in [-0.1, -0.05) is 12.1 Å². The smallest absolute Gasteiger partial charge is 0.234 e. The quantitative estimate of drug-likeness (QED) is 0.627. The third-order valence-electron chi connectivity index (χ3n) is 3.63. The van der Waals surface area contributed by atoms with Crippen molar-refractivity contribution in [2.45, 2.75) is 17.1 Å². The molecule has 3 aromatic rings. The molecule has 3 rings (SSSR count). The van der Waals surface area contributed by atoms with Gasteiger partial charge in [0, 0.05) is 10.6 Å². The number of carbonyl (C=O) groups is 1. The van der Waals surface area contributed by atoms with Crippen LogP contribution in [0.25, 0.3) is 11.0 Å². The van der Waals surface area contributed by atoms with Crippen molar-refractivity contribution >= 4 is 46.2 Å². The molecule has 0 radical (unpaired) electrons. The lowest BCUT2D eigenvalue weighted by Crippen LogP contribution is -2.14. The Labute approximate surface area is 149 Å². The van der Waals surface area contributed by atoms with Crippen LogP contribution >= 0.6 is 23.5 Å². The Kier molecular flexibility index (Phi) is 5.48. The molecule has 0 aliphatic carbocycles. The minimum Gasteiger partial charge on any atom is -0.341 e. The van der Waals surface area contributed by atoms with Gasteiger partial charge in [-0.15, -0.1) is 23.5 Å². The van der Waals surface area contributed by atoms with Gasteiger partial charge in [-0.3, -0.25) is 4.79 Å². The number of imidazole rings is 1. The molecule has 2 N–H and O–H groups in total. The topological polar surface area (TPSA) is 57.8 Å². The minimum absolute atomic E-state index is 0.000127. The summed E-state index contributed by atoms with van der Waals surface area (Å²) < 4.78 is 0. The molecule has 4 nitrogen and oxygen atoms in total. The molecule has 0 aliphatic heterocycles. The lowest BCUT2D eigenvalue weighted by atomic mass is 10.3. The zero-order valence-corrected chi connectivity index (χ0v) is 15.2. The summed E-state index contributed by atoms with van der Waals surface area (Å²) in [5.74, 6) is 1.29. The summed E-state index contributed by atoms with van der Waals surface area (Å²) in [5.41, 5.74) is 2.81. The highest BCUT2D eigenvalue weighted by molar-refractivity contribution is 8.00. The van der Waals surface area contributed by atoms with E-state index in [1.165, 1.54) is 4.90 Å². The molecular formula is C18H19N3OS2. The number of hydrogen-bond donors (Lipinski definition) is 2. The number of fused-ring (bicyclic) bond motifs is 1. The van der Waals surface area contributed by atoms with Crippen molar-refractivity contribution in [2.24, 2.45) is 0 Å². The number of H-pyrrole nitrogens is 1. The van der Waals surface area contributed by atoms with E-state index in [4.69, 9.17) is 0 Å². The second-order valence-corrected chi connectivity index (χ2v) is 7.58. The maximum absolute atomic E-state index is 12.1. The van der Waals surface area contributed by atoms with Crippen LogP contribution in [0.1, 0.15) is 18.0 Å². The molecule has 1 amide bonds. The van der Waals surface area contributed by atoms with Gasteiger partial charge in [0.15, 0.2) is 0 Å². The molecule has 0 saturated carbocycles. The predicted molar refractivity (Wildman–Crippen MR) is 104 cm³/mol. The number of nitrogens with one attached hydrogen (secondary N) is 2. The highest BCUT2D eigenvalue weighted by Crippen LogP contribution is 2.27. The number of benzene rings is 2. The van der Waals surface area contributed by atoms with Crippen LogP contribution in [0.5, 0.6) is 0 Å². The van der Waals surface area contributed by atoms with Crippen LogP contribution in [0.15, 0.2) is 53.4 Å². The summed E-state index contributed by atoms with van der Waals surface area (Å²) in [4.78, 5) is 21.2. The first-order chi connectivity index (χ1) is 11.7. The fraction of sp³-hybridized carbons (Fsp3) is 0.222. The van der Waals surface area contributed by atoms with E-state index >= 15 is 0 Å². The van der Waals surface area contributed by atoms with Crippen LogP contribution in [0.4, 0.5) is 5.69 Å². The fourth-order valence-electron chi connectivity index (χ4n) is 2.32. The number of rotatable bonds is 6. The van der Waals surface area contributed by atoms with Gasteiger partial charge in [0.1, 0.15) is 5.82 Å². The molecule has 0 aliphatic rings. The van der Waals surface area contributed by atoms with Gasteiger partial charge in [-0.2, -0.15) is 0 Å². The van der Waals surface area contributed by atoms with Crippen LogP contribution in [0.2, 0.25) is 0 Å². The lowest BCUT2D eigenvalue weighted by Gasteiger charge is -2.09. The zero-order valence-electron chi connectivity index (χ0n) is 13.6. The van der Waals surface area contributed by atoms with Crippen molar-refractivity contribution in [3.63, 3.8) is 0 Å². The van der Waals surface area contributed by atoms with Crippen LogP contribution in [0, 0.1) is 0 Å². The second-order valence-electron chi connectivity index (χ2n) is 5.37. The van der Waals surface area contributed by atoms with Crippen LogP contribution in [-0.4, -0.2) is 27.9 Å². The van der Waals surface area contributed by atoms with Crippen LogP contribution in [0.3, 0.4) is 0 Å². The standard InChI is InChI=1S/C18H19N3OS2/c1-12(18-20-15-5-3-4-6-16(15)21-18)24-11-17(22)19-13-7-9-14(23-2)10-8-13/h3-10,12H,11H2,1-2H3,(H,19,22)(H,20,21)/t12-/m1/s1. The molecule has 1 aromatic heterocycles. The number of nitrogens with zero attached hydrogens (tertiary/aromatic N) is 1. The SMILES string of the molecule is CSc1ccc(NC(=O)CS[C@H](C)c2nc3ccccc3[nH]2)cc1. The summed E-state index contributed by atoms with van der Waals surface area (Å²) in [6.45, 7) is 2.06. The van der Waals surface area contributed by atoms with E-state index in [0.29, 0.717) is 5.75 Å².